The molecule has 0 aromatic rings. The highest BCUT2D eigenvalue weighted by atomic mass is 35.6. The monoisotopic (exact) mass is 156 g/mol. The molecule has 0 fully saturated rings. The van der Waals surface area contributed by atoms with Crippen LogP contribution in [0.5, 0.6) is 0 Å². The molecule has 1 nitrogen and oxygen atoms in total. The van der Waals surface area contributed by atoms with Crippen LogP contribution in [0.4, 0.5) is 0 Å². The Labute approximate surface area is 54.0 Å². The zero-order chi connectivity index (χ0) is 5.70. The smallest absolute Gasteiger partial charge is 0.368 e. The zero-order valence-corrected chi connectivity index (χ0v) is 6.30. The lowest BCUT2D eigenvalue weighted by molar-refractivity contribution is 0.570. The summed E-state index contributed by atoms with van der Waals surface area (Å²) < 4.78 is 10.1. The maximum Gasteiger partial charge on any atom is 0.383 e. The van der Waals surface area contributed by atoms with Crippen molar-refractivity contribution in [2.24, 2.45) is 0 Å². The van der Waals surface area contributed by atoms with Gasteiger partial charge in [0.15, 0.2) is 0 Å². The van der Waals surface area contributed by atoms with E-state index in [1.807, 2.05) is 0 Å². The van der Waals surface area contributed by atoms with Crippen LogP contribution in [-0.4, -0.2) is 13.9 Å². The van der Waals surface area contributed by atoms with E-state index in [0.717, 1.165) is 6.42 Å². The van der Waals surface area contributed by atoms with Gasteiger partial charge in [-0.05, 0) is 6.42 Å². The summed E-state index contributed by atoms with van der Waals surface area (Å²) in [6, 6.07) is 0.579. The van der Waals surface area contributed by atoms with Crippen LogP contribution in [0, 0.1) is 0 Å². The molecule has 0 aromatic heterocycles. The molecule has 0 spiro atoms. The van der Waals surface area contributed by atoms with E-state index in [2.05, 4.69) is 0 Å². The Kier molecular flexibility index (Phi) is 5.15. The second kappa shape index (κ2) is 4.75. The van der Waals surface area contributed by atoms with Gasteiger partial charge in [0.1, 0.15) is 0 Å². The van der Waals surface area contributed by atoms with Crippen LogP contribution in [0.3, 0.4) is 0 Å². The molecule has 7 heavy (non-hydrogen) atoms. The van der Waals surface area contributed by atoms with Crippen molar-refractivity contribution >= 4 is 30.7 Å². The SMILES string of the molecule is O=[Si](Cl)CCCCl. The first kappa shape index (κ1) is 7.60. The summed E-state index contributed by atoms with van der Waals surface area (Å²) in [4.78, 5) is 0. The fraction of sp³-hybridized carbons (Fsp3) is 1.00. The standard InChI is InChI=1S/C3H6Cl2OSi/c4-2-1-3-7(5)6/h1-3H2. The molecule has 0 saturated heterocycles. The summed E-state index contributed by atoms with van der Waals surface area (Å²) in [5.74, 6) is 0.559. The van der Waals surface area contributed by atoms with Crippen molar-refractivity contribution in [3.05, 3.63) is 0 Å². The van der Waals surface area contributed by atoms with Gasteiger partial charge in [0.2, 0.25) is 0 Å². The molecule has 0 aliphatic rings. The minimum atomic E-state index is -1.76. The molecule has 0 aliphatic carbocycles. The van der Waals surface area contributed by atoms with Crippen LogP contribution in [-0.2, 0) is 4.46 Å². The Bertz CT molecular complexity index is 66.0. The van der Waals surface area contributed by atoms with Crippen molar-refractivity contribution in [1.82, 2.24) is 0 Å². The lowest BCUT2D eigenvalue weighted by Crippen LogP contribution is -1.86. The summed E-state index contributed by atoms with van der Waals surface area (Å²) in [6.07, 6.45) is 0.767. The van der Waals surface area contributed by atoms with Crippen LogP contribution in [0.2, 0.25) is 6.04 Å². The van der Waals surface area contributed by atoms with E-state index in [1.165, 1.54) is 0 Å². The van der Waals surface area contributed by atoms with Gasteiger partial charge in [-0.1, -0.05) is 11.1 Å². The number of rotatable bonds is 3. The van der Waals surface area contributed by atoms with Gasteiger partial charge in [0, 0.05) is 11.9 Å². The minimum absolute atomic E-state index is 0.559. The van der Waals surface area contributed by atoms with Gasteiger partial charge < -0.3 is 4.46 Å². The molecule has 0 amide bonds. The van der Waals surface area contributed by atoms with Gasteiger partial charge in [0.25, 0.3) is 0 Å². The van der Waals surface area contributed by atoms with Gasteiger partial charge in [-0.15, -0.1) is 11.6 Å². The molecule has 0 saturated carbocycles. The normalized spacial score (nSPS) is 8.86. The zero-order valence-electron chi connectivity index (χ0n) is 3.79. The highest BCUT2D eigenvalue weighted by Gasteiger charge is 1.95. The summed E-state index contributed by atoms with van der Waals surface area (Å²) in [7, 11) is -1.76. The van der Waals surface area contributed by atoms with Crippen LogP contribution in [0.1, 0.15) is 6.42 Å². The third-order valence-corrected chi connectivity index (χ3v) is 2.09. The molecular weight excluding hydrogens is 151 g/mol. The molecule has 0 heterocycles. The first-order chi connectivity index (χ1) is 3.27. The molecule has 0 N–H and O–H groups in total. The highest BCUT2D eigenvalue weighted by Crippen LogP contribution is 1.95. The quantitative estimate of drug-likeness (QED) is 0.346. The molecule has 4 heteroatoms. The van der Waals surface area contributed by atoms with Crippen LogP contribution < -0.4 is 0 Å². The Balaban J connectivity index is 2.82. The average molecular weight is 157 g/mol. The third kappa shape index (κ3) is 6.60. The van der Waals surface area contributed by atoms with Crippen LogP contribution in [0.25, 0.3) is 0 Å². The maximum absolute atomic E-state index is 10.1. The molecule has 0 bridgehead atoms. The van der Waals surface area contributed by atoms with Crippen molar-refractivity contribution in [1.29, 1.82) is 0 Å². The van der Waals surface area contributed by atoms with Crippen LogP contribution in [0.15, 0.2) is 0 Å². The van der Waals surface area contributed by atoms with Crippen molar-refractivity contribution in [3.8, 4) is 0 Å². The molecule has 42 valence electrons. The van der Waals surface area contributed by atoms with Gasteiger partial charge in [-0.2, -0.15) is 0 Å². The molecule has 0 rings (SSSR count). The van der Waals surface area contributed by atoms with E-state index in [-0.39, 0.29) is 0 Å². The molecule has 0 aromatic carbocycles. The van der Waals surface area contributed by atoms with E-state index in [9.17, 15) is 4.46 Å². The number of alkyl halides is 1. The van der Waals surface area contributed by atoms with Crippen molar-refractivity contribution < 1.29 is 4.46 Å². The van der Waals surface area contributed by atoms with Gasteiger partial charge in [-0.25, -0.2) is 0 Å². The third-order valence-electron chi connectivity index (χ3n) is 0.507. The molecule has 0 atom stereocenters. The topological polar surface area (TPSA) is 17.1 Å². The van der Waals surface area contributed by atoms with E-state index in [0.29, 0.717) is 11.9 Å². The van der Waals surface area contributed by atoms with E-state index in [4.69, 9.17) is 22.7 Å². The maximum atomic E-state index is 10.1. The summed E-state index contributed by atoms with van der Waals surface area (Å²) >= 11 is 10.4. The van der Waals surface area contributed by atoms with E-state index >= 15 is 0 Å². The molecule has 0 aliphatic heterocycles. The van der Waals surface area contributed by atoms with Crippen LogP contribution >= 0.6 is 22.7 Å². The highest BCUT2D eigenvalue weighted by molar-refractivity contribution is 6.97. The number of halogens is 2. The predicted molar refractivity (Wildman–Crippen MR) is 32.4 cm³/mol. The molecular formula is C3H6Cl2OSi. The molecule has 0 radical (unpaired) electrons. The lowest BCUT2D eigenvalue weighted by Gasteiger charge is -1.81. The first-order valence-electron chi connectivity index (χ1n) is 2.01. The fourth-order valence-corrected chi connectivity index (χ4v) is 1.42. The van der Waals surface area contributed by atoms with E-state index < -0.39 is 7.99 Å². The second-order valence-electron chi connectivity index (χ2n) is 1.15. The van der Waals surface area contributed by atoms with Crippen molar-refractivity contribution in [3.63, 3.8) is 0 Å². The Morgan fingerprint density at radius 1 is 1.57 bits per heavy atom. The Hall–Kier alpha value is 0.597. The average Bonchev–Trinajstić information content (AvgIpc) is 1.61. The minimum Gasteiger partial charge on any atom is -0.368 e. The summed E-state index contributed by atoms with van der Waals surface area (Å²) in [5.41, 5.74) is 0. The summed E-state index contributed by atoms with van der Waals surface area (Å²) in [5, 5.41) is 0. The van der Waals surface area contributed by atoms with Gasteiger partial charge in [-0.3, -0.25) is 0 Å². The van der Waals surface area contributed by atoms with Gasteiger partial charge >= 0.3 is 7.99 Å². The Morgan fingerprint density at radius 2 is 2.14 bits per heavy atom. The largest absolute Gasteiger partial charge is 0.383 e. The van der Waals surface area contributed by atoms with Gasteiger partial charge in [0.05, 0.1) is 0 Å². The predicted octanol–water partition coefficient (Wildman–Crippen LogP) is 1.77. The van der Waals surface area contributed by atoms with E-state index in [1.54, 1.807) is 0 Å². The fourth-order valence-electron chi connectivity index (χ4n) is 0.206. The lowest BCUT2D eigenvalue weighted by atomic mass is 10.6. The Morgan fingerprint density at radius 3 is 2.29 bits per heavy atom. The molecule has 0 unspecified atom stereocenters. The summed E-state index contributed by atoms with van der Waals surface area (Å²) in [6.45, 7) is 0. The van der Waals surface area contributed by atoms with Crippen molar-refractivity contribution in [2.45, 2.75) is 12.5 Å². The number of hydrogen-bond acceptors (Lipinski definition) is 1. The van der Waals surface area contributed by atoms with Crippen molar-refractivity contribution in [2.75, 3.05) is 5.88 Å². The first-order valence-corrected chi connectivity index (χ1v) is 5.18. The number of hydrogen-bond donors (Lipinski definition) is 0. The second-order valence-corrected chi connectivity index (χ2v) is 4.00.